The van der Waals surface area contributed by atoms with Crippen LogP contribution in [0.4, 0.5) is 0 Å². The van der Waals surface area contributed by atoms with Crippen molar-refractivity contribution < 1.29 is 37.9 Å². The van der Waals surface area contributed by atoms with Gasteiger partial charge in [-0.05, 0) is 64.2 Å². The molecule has 0 saturated carbocycles. The summed E-state index contributed by atoms with van der Waals surface area (Å²) >= 11 is 0. The summed E-state index contributed by atoms with van der Waals surface area (Å²) < 4.78 is 26.2. The first-order valence-corrected chi connectivity index (χ1v) is 19.3. The molecule has 0 aliphatic rings. The van der Waals surface area contributed by atoms with Crippen molar-refractivity contribution in [1.29, 1.82) is 0 Å². The fourth-order valence-corrected chi connectivity index (χ4v) is 5.06. The molecule has 0 saturated heterocycles. The van der Waals surface area contributed by atoms with Gasteiger partial charge < -0.3 is 19.3 Å². The Morgan fingerprint density at radius 1 is 0.578 bits per heavy atom. The lowest BCUT2D eigenvalue weighted by Gasteiger charge is -2.18. The van der Waals surface area contributed by atoms with E-state index in [1.165, 1.54) is 44.9 Å². The molecule has 0 radical (unpaired) electrons. The molecule has 0 fully saturated rings. The van der Waals surface area contributed by atoms with E-state index < -0.39 is 32.5 Å². The number of allylic oxidation sites excluding steroid dienone is 6. The largest absolute Gasteiger partial charge is 0.469 e. The highest BCUT2D eigenvalue weighted by Gasteiger charge is 2.22. The zero-order chi connectivity index (χ0) is 33.3. The molecule has 0 bridgehead atoms. The van der Waals surface area contributed by atoms with Crippen LogP contribution in [-0.4, -0.2) is 41.0 Å². The molecule has 1 atom stereocenters. The molecule has 0 amide bonds. The van der Waals surface area contributed by atoms with Crippen LogP contribution in [0.15, 0.2) is 36.5 Å². The molecule has 0 aliphatic heterocycles. The Bertz CT molecular complexity index is 833. The van der Waals surface area contributed by atoms with E-state index in [9.17, 15) is 14.2 Å². The van der Waals surface area contributed by atoms with Crippen molar-refractivity contribution in [3.63, 3.8) is 0 Å². The topological polar surface area (TPSA) is 119 Å². The van der Waals surface area contributed by atoms with Gasteiger partial charge in [0.2, 0.25) is 0 Å². The molecule has 0 aliphatic carbocycles. The summed E-state index contributed by atoms with van der Waals surface area (Å²) in [4.78, 5) is 42.6. The predicted molar refractivity (Wildman–Crippen MR) is 184 cm³/mol. The summed E-state index contributed by atoms with van der Waals surface area (Å²) in [5.41, 5.74) is 0. The molecule has 1 unspecified atom stereocenters. The number of carbonyl (C=O) groups is 2. The monoisotopic (exact) mass is 656 g/mol. The van der Waals surface area contributed by atoms with Crippen molar-refractivity contribution in [2.75, 3.05) is 13.2 Å². The number of esters is 2. The molecule has 45 heavy (non-hydrogen) atoms. The van der Waals surface area contributed by atoms with Crippen LogP contribution < -0.4 is 0 Å². The summed E-state index contributed by atoms with van der Waals surface area (Å²) in [7, 11) is -4.75. The van der Waals surface area contributed by atoms with Crippen LogP contribution in [0.1, 0.15) is 162 Å². The lowest BCUT2D eigenvalue weighted by molar-refractivity contribution is -0.161. The molecule has 0 spiro atoms. The molecule has 9 heteroatoms. The highest BCUT2D eigenvalue weighted by molar-refractivity contribution is 7.46. The second-order valence-corrected chi connectivity index (χ2v) is 13.1. The van der Waals surface area contributed by atoms with Crippen LogP contribution in [0.3, 0.4) is 0 Å². The molecule has 2 N–H and O–H groups in total. The van der Waals surface area contributed by atoms with Gasteiger partial charge in [-0.25, -0.2) is 4.57 Å². The molecule has 0 rings (SSSR count). The van der Waals surface area contributed by atoms with E-state index in [0.29, 0.717) is 12.8 Å². The minimum Gasteiger partial charge on any atom is -0.462 e. The number of ether oxygens (including phenoxy) is 2. The molecular formula is C36H65O8P. The fourth-order valence-electron chi connectivity index (χ4n) is 4.70. The molecule has 0 aromatic carbocycles. The first-order chi connectivity index (χ1) is 21.8. The molecule has 8 nitrogen and oxygen atoms in total. The third-order valence-corrected chi connectivity index (χ3v) is 7.85. The lowest BCUT2D eigenvalue weighted by atomic mass is 10.1. The van der Waals surface area contributed by atoms with Gasteiger partial charge in [-0.1, -0.05) is 121 Å². The fraction of sp³-hybridized carbons (Fsp3) is 0.778. The summed E-state index contributed by atoms with van der Waals surface area (Å²) in [6.45, 7) is 3.57. The Balaban J connectivity index is 4.03. The third-order valence-electron chi connectivity index (χ3n) is 7.36. The molecule has 0 aromatic heterocycles. The standard InChI is InChI=1S/C36H65O8P/c1-3-5-7-9-11-13-15-17-19-20-22-24-26-28-30-35(37)42-32-34(33-43-45(39,40)41)44-36(38)31-29-27-25-23-21-18-16-14-12-10-8-6-4-2/h8,10,14-17,34H,3-7,9,11-13,18-33H2,1-2H3,(H2,39,40,41)/b10-8-,16-14-,17-15-. The van der Waals surface area contributed by atoms with Gasteiger partial charge in [-0.15, -0.1) is 0 Å². The SMILES string of the molecule is CCC/C=C\C/C=C\CCCCCCCC(=O)OC(COC(=O)CCCCCCC/C=C\CCCCCCC)COP(=O)(O)O. The maximum atomic E-state index is 12.3. The Kier molecular flexibility index (Phi) is 31.0. The first kappa shape index (κ1) is 43.3. The van der Waals surface area contributed by atoms with E-state index in [1.54, 1.807) is 0 Å². The molecule has 0 heterocycles. The quantitative estimate of drug-likeness (QED) is 0.0318. The van der Waals surface area contributed by atoms with E-state index in [4.69, 9.17) is 19.3 Å². The van der Waals surface area contributed by atoms with Crippen molar-refractivity contribution in [2.45, 2.75) is 168 Å². The van der Waals surface area contributed by atoms with Crippen molar-refractivity contribution in [2.24, 2.45) is 0 Å². The van der Waals surface area contributed by atoms with Crippen molar-refractivity contribution >= 4 is 19.8 Å². The maximum absolute atomic E-state index is 12.3. The highest BCUT2D eigenvalue weighted by Crippen LogP contribution is 2.35. The molecule has 262 valence electrons. The van der Waals surface area contributed by atoms with E-state index >= 15 is 0 Å². The zero-order valence-corrected chi connectivity index (χ0v) is 29.4. The average Bonchev–Trinajstić information content (AvgIpc) is 3.00. The molecule has 0 aromatic rings. The van der Waals surface area contributed by atoms with E-state index in [2.05, 4.69) is 54.8 Å². The van der Waals surface area contributed by atoms with Gasteiger partial charge in [0.1, 0.15) is 6.61 Å². The van der Waals surface area contributed by atoms with Crippen LogP contribution in [0.2, 0.25) is 0 Å². The number of hydrogen-bond donors (Lipinski definition) is 2. The summed E-state index contributed by atoms with van der Waals surface area (Å²) in [6.07, 6.45) is 35.8. The average molecular weight is 657 g/mol. The predicted octanol–water partition coefficient (Wildman–Crippen LogP) is 10.2. The van der Waals surface area contributed by atoms with Gasteiger partial charge in [0.25, 0.3) is 0 Å². The van der Waals surface area contributed by atoms with Gasteiger partial charge in [0.05, 0.1) is 6.61 Å². The first-order valence-electron chi connectivity index (χ1n) is 17.8. The number of unbranched alkanes of at least 4 members (excludes halogenated alkanes) is 16. The van der Waals surface area contributed by atoms with E-state index in [1.807, 2.05) is 0 Å². The Labute approximate surface area is 274 Å². The van der Waals surface area contributed by atoms with Crippen LogP contribution >= 0.6 is 7.82 Å². The minimum absolute atomic E-state index is 0.194. The Morgan fingerprint density at radius 2 is 1.04 bits per heavy atom. The number of phosphoric acid groups is 1. The zero-order valence-electron chi connectivity index (χ0n) is 28.5. The number of rotatable bonds is 32. The highest BCUT2D eigenvalue weighted by atomic mass is 31.2. The smallest absolute Gasteiger partial charge is 0.462 e. The summed E-state index contributed by atoms with van der Waals surface area (Å²) in [5.74, 6) is -0.914. The van der Waals surface area contributed by atoms with Gasteiger partial charge in [-0.3, -0.25) is 14.1 Å². The second-order valence-electron chi connectivity index (χ2n) is 11.8. The summed E-state index contributed by atoms with van der Waals surface area (Å²) in [6, 6.07) is 0. The third kappa shape index (κ3) is 35.0. The van der Waals surface area contributed by atoms with E-state index in [-0.39, 0.29) is 19.4 Å². The van der Waals surface area contributed by atoms with Gasteiger partial charge in [0, 0.05) is 12.8 Å². The lowest BCUT2D eigenvalue weighted by Crippen LogP contribution is -2.29. The second kappa shape index (κ2) is 32.2. The van der Waals surface area contributed by atoms with E-state index in [0.717, 1.165) is 77.0 Å². The number of hydrogen-bond acceptors (Lipinski definition) is 6. The Morgan fingerprint density at radius 3 is 1.58 bits per heavy atom. The molecular weight excluding hydrogens is 591 g/mol. The van der Waals surface area contributed by atoms with Crippen molar-refractivity contribution in [3.8, 4) is 0 Å². The van der Waals surface area contributed by atoms with Gasteiger partial charge >= 0.3 is 19.8 Å². The van der Waals surface area contributed by atoms with Crippen LogP contribution in [0.5, 0.6) is 0 Å². The van der Waals surface area contributed by atoms with Crippen LogP contribution in [0, 0.1) is 0 Å². The van der Waals surface area contributed by atoms with Crippen molar-refractivity contribution in [1.82, 2.24) is 0 Å². The van der Waals surface area contributed by atoms with Crippen LogP contribution in [0.25, 0.3) is 0 Å². The normalized spacial score (nSPS) is 12.9. The Hall–Kier alpha value is -1.73. The van der Waals surface area contributed by atoms with Crippen molar-refractivity contribution in [3.05, 3.63) is 36.5 Å². The van der Waals surface area contributed by atoms with Gasteiger partial charge in [-0.2, -0.15) is 0 Å². The maximum Gasteiger partial charge on any atom is 0.469 e. The minimum atomic E-state index is -4.75. The number of carbonyl (C=O) groups excluding carboxylic acids is 2. The summed E-state index contributed by atoms with van der Waals surface area (Å²) in [5, 5.41) is 0. The van der Waals surface area contributed by atoms with Gasteiger partial charge in [0.15, 0.2) is 6.10 Å². The van der Waals surface area contributed by atoms with Crippen LogP contribution in [-0.2, 0) is 28.2 Å². The number of phosphoric ester groups is 1.